The maximum Gasteiger partial charge on any atom is 0.347 e. The smallest absolute Gasteiger partial charge is 0.347 e. The fourth-order valence-corrected chi connectivity index (χ4v) is 5.74. The van der Waals surface area contributed by atoms with Gasteiger partial charge in [0.1, 0.15) is 11.3 Å². The van der Waals surface area contributed by atoms with Crippen molar-refractivity contribution in [2.75, 3.05) is 0 Å². The van der Waals surface area contributed by atoms with E-state index in [-0.39, 0.29) is 17.1 Å². The van der Waals surface area contributed by atoms with E-state index in [1.165, 1.54) is 116 Å². The third kappa shape index (κ3) is 14.6. The zero-order chi connectivity index (χ0) is 30.3. The Morgan fingerprint density at radius 3 is 1.45 bits per heavy atom. The number of aromatic hydroxyl groups is 2. The van der Waals surface area contributed by atoms with Crippen LogP contribution in [0.15, 0.2) is 36.4 Å². The van der Waals surface area contributed by atoms with Crippen LogP contribution in [0.25, 0.3) is 0 Å². The average molecular weight is 581 g/mol. The minimum absolute atomic E-state index is 0.00272. The molecule has 0 spiro atoms. The van der Waals surface area contributed by atoms with Crippen molar-refractivity contribution in [3.05, 3.63) is 53.1 Å². The third-order valence-corrected chi connectivity index (χ3v) is 8.48. The molecule has 0 saturated carbocycles. The van der Waals surface area contributed by atoms with Gasteiger partial charge in [0.25, 0.3) is 0 Å². The van der Waals surface area contributed by atoms with Crippen molar-refractivity contribution in [2.24, 2.45) is 0 Å². The van der Waals surface area contributed by atoms with Crippen LogP contribution in [-0.4, -0.2) is 16.2 Å². The summed E-state index contributed by atoms with van der Waals surface area (Å²) in [4.78, 5) is 12.9. The SMILES string of the molecule is CCCCCCCCCCCCCCCCc1ccc(C(=O)Oc2ccccc2CCCCCCCCC)c(O)c1O. The van der Waals surface area contributed by atoms with Crippen LogP contribution in [0.5, 0.6) is 17.2 Å². The molecule has 2 aromatic rings. The summed E-state index contributed by atoms with van der Waals surface area (Å²) in [7, 11) is 0. The molecule has 0 fully saturated rings. The van der Waals surface area contributed by atoms with Crippen molar-refractivity contribution in [3.63, 3.8) is 0 Å². The van der Waals surface area contributed by atoms with E-state index in [4.69, 9.17) is 4.74 Å². The number of carbonyl (C=O) groups excluding carboxylic acids is 1. The molecule has 0 aromatic heterocycles. The van der Waals surface area contributed by atoms with Gasteiger partial charge in [0, 0.05) is 0 Å². The number of esters is 1. The normalized spacial score (nSPS) is 11.2. The fraction of sp³-hybridized carbons (Fsp3) is 0.658. The minimum atomic E-state index is -0.641. The van der Waals surface area contributed by atoms with E-state index >= 15 is 0 Å². The van der Waals surface area contributed by atoms with Gasteiger partial charge in [-0.1, -0.05) is 160 Å². The molecule has 0 heterocycles. The molecule has 0 atom stereocenters. The lowest BCUT2D eigenvalue weighted by molar-refractivity contribution is 0.0729. The number of hydrogen-bond acceptors (Lipinski definition) is 4. The summed E-state index contributed by atoms with van der Waals surface area (Å²) < 4.78 is 5.69. The van der Waals surface area contributed by atoms with E-state index in [0.29, 0.717) is 17.7 Å². The van der Waals surface area contributed by atoms with Gasteiger partial charge in [0.15, 0.2) is 11.5 Å². The van der Waals surface area contributed by atoms with Gasteiger partial charge < -0.3 is 14.9 Å². The van der Waals surface area contributed by atoms with E-state index in [2.05, 4.69) is 13.8 Å². The van der Waals surface area contributed by atoms with Gasteiger partial charge in [0.05, 0.1) is 0 Å². The number of hydrogen-bond donors (Lipinski definition) is 2. The summed E-state index contributed by atoms with van der Waals surface area (Å²) in [6, 6.07) is 10.9. The molecule has 42 heavy (non-hydrogen) atoms. The standard InChI is InChI=1S/C38H60O4/c1-3-5-7-9-11-12-13-14-15-16-17-19-21-23-28-33-30-31-34(37(40)36(33)39)38(41)42-35-29-25-24-27-32(35)26-22-20-18-10-8-6-4-2/h24-25,27,29-31,39-40H,3-23,26,28H2,1-2H3. The van der Waals surface area contributed by atoms with Crippen LogP contribution in [0.1, 0.15) is 170 Å². The first-order valence-electron chi connectivity index (χ1n) is 17.4. The third-order valence-electron chi connectivity index (χ3n) is 8.48. The average Bonchev–Trinajstić information content (AvgIpc) is 2.99. The topological polar surface area (TPSA) is 66.8 Å². The first-order valence-corrected chi connectivity index (χ1v) is 17.4. The number of benzene rings is 2. The van der Waals surface area contributed by atoms with Gasteiger partial charge in [-0.15, -0.1) is 0 Å². The number of phenolic OH excluding ortho intramolecular Hbond substituents is 2. The van der Waals surface area contributed by atoms with Crippen LogP contribution in [0.2, 0.25) is 0 Å². The highest BCUT2D eigenvalue weighted by Crippen LogP contribution is 2.35. The molecule has 0 aliphatic heterocycles. The van der Waals surface area contributed by atoms with Gasteiger partial charge in [-0.2, -0.15) is 0 Å². The molecule has 0 radical (unpaired) electrons. The summed E-state index contributed by atoms with van der Waals surface area (Å²) in [6.07, 6.45) is 28.4. The number of rotatable bonds is 25. The van der Waals surface area contributed by atoms with Crippen molar-refractivity contribution in [3.8, 4) is 17.2 Å². The zero-order valence-corrected chi connectivity index (χ0v) is 26.9. The second-order valence-electron chi connectivity index (χ2n) is 12.2. The second kappa shape index (κ2) is 23.0. The van der Waals surface area contributed by atoms with Gasteiger partial charge in [-0.05, 0) is 48.9 Å². The Morgan fingerprint density at radius 1 is 0.524 bits per heavy atom. The Morgan fingerprint density at radius 2 is 0.952 bits per heavy atom. The molecular formula is C38H60O4. The quantitative estimate of drug-likeness (QED) is 0.0530. The molecule has 2 aromatic carbocycles. The molecular weight excluding hydrogens is 520 g/mol. The summed E-state index contributed by atoms with van der Waals surface area (Å²) in [5.74, 6) is -0.695. The number of aryl methyl sites for hydroxylation is 2. The molecule has 236 valence electrons. The van der Waals surface area contributed by atoms with E-state index < -0.39 is 5.97 Å². The first-order chi connectivity index (χ1) is 20.6. The van der Waals surface area contributed by atoms with Crippen LogP contribution in [0.3, 0.4) is 0 Å². The molecule has 0 amide bonds. The molecule has 0 bridgehead atoms. The van der Waals surface area contributed by atoms with Crippen molar-refractivity contribution in [2.45, 2.75) is 162 Å². The Hall–Kier alpha value is -2.49. The number of phenols is 2. The van der Waals surface area contributed by atoms with Crippen LogP contribution >= 0.6 is 0 Å². The zero-order valence-electron chi connectivity index (χ0n) is 26.9. The predicted octanol–water partition coefficient (Wildman–Crippen LogP) is 11.6. The Bertz CT molecular complexity index is 983. The Labute approximate surface area is 257 Å². The second-order valence-corrected chi connectivity index (χ2v) is 12.2. The van der Waals surface area contributed by atoms with Gasteiger partial charge in [0.2, 0.25) is 0 Å². The monoisotopic (exact) mass is 580 g/mol. The van der Waals surface area contributed by atoms with Gasteiger partial charge >= 0.3 is 5.97 Å². The summed E-state index contributed by atoms with van der Waals surface area (Å²) in [5, 5.41) is 21.2. The lowest BCUT2D eigenvalue weighted by Crippen LogP contribution is -2.10. The number of unbranched alkanes of at least 4 members (excludes halogenated alkanes) is 19. The largest absolute Gasteiger partial charge is 0.504 e. The molecule has 4 nitrogen and oxygen atoms in total. The van der Waals surface area contributed by atoms with E-state index in [1.807, 2.05) is 18.2 Å². The molecule has 4 heteroatoms. The van der Waals surface area contributed by atoms with Gasteiger partial charge in [-0.3, -0.25) is 0 Å². The van der Waals surface area contributed by atoms with Gasteiger partial charge in [-0.25, -0.2) is 4.79 Å². The number of carbonyl (C=O) groups is 1. The maximum atomic E-state index is 12.9. The van der Waals surface area contributed by atoms with Crippen LogP contribution < -0.4 is 4.74 Å². The summed E-state index contributed by atoms with van der Waals surface area (Å²) in [6.45, 7) is 4.50. The van der Waals surface area contributed by atoms with Crippen molar-refractivity contribution in [1.29, 1.82) is 0 Å². The highest BCUT2D eigenvalue weighted by Gasteiger charge is 2.20. The lowest BCUT2D eigenvalue weighted by atomic mass is 10.0. The molecule has 0 aliphatic rings. The lowest BCUT2D eigenvalue weighted by Gasteiger charge is -2.13. The van der Waals surface area contributed by atoms with Crippen molar-refractivity contribution >= 4 is 5.97 Å². The summed E-state index contributed by atoms with van der Waals surface area (Å²) in [5.41, 5.74) is 1.68. The highest BCUT2D eigenvalue weighted by molar-refractivity contribution is 5.95. The highest BCUT2D eigenvalue weighted by atomic mass is 16.5. The van der Waals surface area contributed by atoms with Crippen LogP contribution in [-0.2, 0) is 12.8 Å². The van der Waals surface area contributed by atoms with Crippen molar-refractivity contribution < 1.29 is 19.7 Å². The fourth-order valence-electron chi connectivity index (χ4n) is 5.74. The minimum Gasteiger partial charge on any atom is -0.504 e. The summed E-state index contributed by atoms with van der Waals surface area (Å²) >= 11 is 0. The maximum absolute atomic E-state index is 12.9. The van der Waals surface area contributed by atoms with E-state index in [1.54, 1.807) is 18.2 Å². The van der Waals surface area contributed by atoms with Crippen molar-refractivity contribution in [1.82, 2.24) is 0 Å². The molecule has 0 unspecified atom stereocenters. The molecule has 0 saturated heterocycles. The number of ether oxygens (including phenoxy) is 1. The van der Waals surface area contributed by atoms with Crippen LogP contribution in [0.4, 0.5) is 0 Å². The van der Waals surface area contributed by atoms with Crippen LogP contribution in [0, 0.1) is 0 Å². The Kier molecular flexibility index (Phi) is 19.6. The first kappa shape index (κ1) is 35.7. The van der Waals surface area contributed by atoms with E-state index in [9.17, 15) is 15.0 Å². The molecule has 2 N–H and O–H groups in total. The molecule has 2 rings (SSSR count). The number of para-hydroxylation sites is 1. The van der Waals surface area contributed by atoms with E-state index in [0.717, 1.165) is 31.2 Å². The Balaban J connectivity index is 1.68. The predicted molar refractivity (Wildman–Crippen MR) is 177 cm³/mol. The molecule has 0 aliphatic carbocycles.